The van der Waals surface area contributed by atoms with Crippen LogP contribution in [0.15, 0.2) is 27.8 Å². The van der Waals surface area contributed by atoms with Gasteiger partial charge in [0.1, 0.15) is 18.9 Å². The lowest BCUT2D eigenvalue weighted by molar-refractivity contribution is -0.142. The molecule has 1 aromatic carbocycles. The van der Waals surface area contributed by atoms with Gasteiger partial charge in [-0.25, -0.2) is 0 Å². The number of nitrogens with zero attached hydrogens (tertiary/aromatic N) is 1. The first-order valence-electron chi connectivity index (χ1n) is 5.50. The minimum atomic E-state index is -0.456. The van der Waals surface area contributed by atoms with E-state index in [1.807, 2.05) is 25.1 Å². The quantitative estimate of drug-likeness (QED) is 0.487. The van der Waals surface area contributed by atoms with Crippen LogP contribution in [0.2, 0.25) is 0 Å². The van der Waals surface area contributed by atoms with Gasteiger partial charge in [0.15, 0.2) is 0 Å². The summed E-state index contributed by atoms with van der Waals surface area (Å²) in [6, 6.07) is 5.80. The van der Waals surface area contributed by atoms with Gasteiger partial charge in [-0.2, -0.15) is 0 Å². The van der Waals surface area contributed by atoms with Gasteiger partial charge in [0.2, 0.25) is 0 Å². The summed E-state index contributed by atoms with van der Waals surface area (Å²) in [4.78, 5) is 15.8. The van der Waals surface area contributed by atoms with E-state index in [-0.39, 0.29) is 5.97 Å². The van der Waals surface area contributed by atoms with Gasteiger partial charge in [0, 0.05) is 17.0 Å². The molecule has 0 saturated carbocycles. The summed E-state index contributed by atoms with van der Waals surface area (Å²) in [5.74, 6) is -0.346. The number of benzene rings is 1. The van der Waals surface area contributed by atoms with E-state index in [0.29, 0.717) is 5.71 Å². The molecule has 18 heavy (non-hydrogen) atoms. The van der Waals surface area contributed by atoms with Gasteiger partial charge >= 0.3 is 5.97 Å². The highest BCUT2D eigenvalue weighted by Crippen LogP contribution is 2.19. The minimum absolute atomic E-state index is 0.346. The molecule has 0 heterocycles. The molecular weight excluding hydrogens is 298 g/mol. The molecule has 0 amide bonds. The fourth-order valence-electron chi connectivity index (χ4n) is 1.66. The number of halogens is 1. The van der Waals surface area contributed by atoms with Crippen molar-refractivity contribution in [3.63, 3.8) is 0 Å². The van der Waals surface area contributed by atoms with Gasteiger partial charge in [-0.3, -0.25) is 4.79 Å². The van der Waals surface area contributed by atoms with Crippen molar-refractivity contribution in [3.8, 4) is 0 Å². The number of esters is 1. The maximum Gasteiger partial charge on any atom is 0.303 e. The molecule has 0 aromatic heterocycles. The molecule has 0 radical (unpaired) electrons. The Hall–Kier alpha value is -1.36. The predicted octanol–water partition coefficient (Wildman–Crippen LogP) is 3.06. The van der Waals surface area contributed by atoms with E-state index in [9.17, 15) is 4.79 Å². The molecule has 0 saturated heterocycles. The third-order valence-electron chi connectivity index (χ3n) is 2.38. The van der Waals surface area contributed by atoms with E-state index >= 15 is 0 Å². The second-order valence-corrected chi connectivity index (χ2v) is 4.79. The number of hydrogen-bond acceptors (Lipinski definition) is 4. The zero-order chi connectivity index (χ0) is 13.7. The van der Waals surface area contributed by atoms with Gasteiger partial charge in [-0.1, -0.05) is 27.2 Å². The smallest absolute Gasteiger partial charge is 0.303 e. The summed E-state index contributed by atoms with van der Waals surface area (Å²) in [7, 11) is 1.47. The SMILES string of the molecule is CON=C(c1ccc(Br)cc1C)C(C)OC(C)=O. The molecule has 0 aliphatic rings. The van der Waals surface area contributed by atoms with Crippen LogP contribution in [0.1, 0.15) is 25.0 Å². The number of rotatable bonds is 4. The first-order chi connectivity index (χ1) is 8.45. The molecule has 5 heteroatoms. The van der Waals surface area contributed by atoms with E-state index in [0.717, 1.165) is 15.6 Å². The second-order valence-electron chi connectivity index (χ2n) is 3.87. The van der Waals surface area contributed by atoms with Crippen LogP contribution in [0, 0.1) is 6.92 Å². The van der Waals surface area contributed by atoms with E-state index in [1.165, 1.54) is 14.0 Å². The Morgan fingerprint density at radius 3 is 2.61 bits per heavy atom. The number of carbonyl (C=O) groups excluding carboxylic acids is 1. The number of carbonyl (C=O) groups is 1. The predicted molar refractivity (Wildman–Crippen MR) is 73.7 cm³/mol. The fraction of sp³-hybridized carbons (Fsp3) is 0.385. The lowest BCUT2D eigenvalue weighted by Crippen LogP contribution is -2.25. The summed E-state index contributed by atoms with van der Waals surface area (Å²) in [5, 5.41) is 3.96. The number of aryl methyl sites for hydroxylation is 1. The van der Waals surface area contributed by atoms with Gasteiger partial charge in [-0.05, 0) is 31.5 Å². The van der Waals surface area contributed by atoms with Crippen molar-refractivity contribution in [2.24, 2.45) is 5.16 Å². The van der Waals surface area contributed by atoms with Gasteiger partial charge in [0.25, 0.3) is 0 Å². The topological polar surface area (TPSA) is 47.9 Å². The first-order valence-corrected chi connectivity index (χ1v) is 6.29. The third-order valence-corrected chi connectivity index (χ3v) is 2.88. The Kier molecular flexibility index (Phi) is 5.34. The molecule has 0 bridgehead atoms. The van der Waals surface area contributed by atoms with Crippen LogP contribution in [0.3, 0.4) is 0 Å². The molecule has 1 rings (SSSR count). The van der Waals surface area contributed by atoms with Crippen molar-refractivity contribution < 1.29 is 14.4 Å². The molecule has 0 N–H and O–H groups in total. The highest BCUT2D eigenvalue weighted by molar-refractivity contribution is 9.10. The molecule has 1 unspecified atom stereocenters. The van der Waals surface area contributed by atoms with Crippen molar-refractivity contribution in [1.29, 1.82) is 0 Å². The largest absolute Gasteiger partial charge is 0.456 e. The molecule has 1 aromatic rings. The maximum atomic E-state index is 11.0. The van der Waals surface area contributed by atoms with E-state index in [4.69, 9.17) is 9.57 Å². The number of hydrogen-bond donors (Lipinski definition) is 0. The van der Waals surface area contributed by atoms with E-state index < -0.39 is 6.10 Å². The number of oxime groups is 1. The normalized spacial score (nSPS) is 13.1. The molecule has 0 fully saturated rings. The Balaban J connectivity index is 3.12. The van der Waals surface area contributed by atoms with Crippen LogP contribution in [-0.2, 0) is 14.4 Å². The highest BCUT2D eigenvalue weighted by Gasteiger charge is 2.18. The zero-order valence-corrected chi connectivity index (χ0v) is 12.4. The standard InChI is InChI=1S/C13H16BrNO3/c1-8-7-11(14)5-6-12(8)13(15-17-4)9(2)18-10(3)16/h5-7,9H,1-4H3. The van der Waals surface area contributed by atoms with Gasteiger partial charge < -0.3 is 9.57 Å². The molecule has 1 atom stereocenters. The molecule has 4 nitrogen and oxygen atoms in total. The van der Waals surface area contributed by atoms with Crippen molar-refractivity contribution in [2.45, 2.75) is 26.9 Å². The van der Waals surface area contributed by atoms with Crippen LogP contribution in [0.25, 0.3) is 0 Å². The van der Waals surface area contributed by atoms with Crippen molar-refractivity contribution >= 4 is 27.6 Å². The minimum Gasteiger partial charge on any atom is -0.456 e. The number of ether oxygens (including phenoxy) is 1. The van der Waals surface area contributed by atoms with Crippen LogP contribution in [-0.4, -0.2) is 24.9 Å². The van der Waals surface area contributed by atoms with Crippen LogP contribution >= 0.6 is 15.9 Å². The Morgan fingerprint density at radius 1 is 1.44 bits per heavy atom. The highest BCUT2D eigenvalue weighted by atomic mass is 79.9. The Labute approximate surface area is 115 Å². The second kappa shape index (κ2) is 6.54. The zero-order valence-electron chi connectivity index (χ0n) is 10.9. The summed E-state index contributed by atoms with van der Waals surface area (Å²) < 4.78 is 6.13. The summed E-state index contributed by atoms with van der Waals surface area (Å²) in [6.45, 7) is 5.10. The monoisotopic (exact) mass is 313 g/mol. The summed E-state index contributed by atoms with van der Waals surface area (Å²) >= 11 is 3.41. The lowest BCUT2D eigenvalue weighted by atomic mass is 10.0. The van der Waals surface area contributed by atoms with Crippen molar-refractivity contribution in [3.05, 3.63) is 33.8 Å². The first kappa shape index (κ1) is 14.7. The third kappa shape index (κ3) is 3.84. The van der Waals surface area contributed by atoms with E-state index in [2.05, 4.69) is 21.1 Å². The van der Waals surface area contributed by atoms with Gasteiger partial charge in [0.05, 0.1) is 0 Å². The Bertz CT molecular complexity index is 471. The average Bonchev–Trinajstić information content (AvgIpc) is 2.25. The van der Waals surface area contributed by atoms with Crippen molar-refractivity contribution in [2.75, 3.05) is 7.11 Å². The van der Waals surface area contributed by atoms with E-state index in [1.54, 1.807) is 6.92 Å². The van der Waals surface area contributed by atoms with Crippen LogP contribution in [0.5, 0.6) is 0 Å². The fourth-order valence-corrected chi connectivity index (χ4v) is 2.14. The molecule has 0 aliphatic heterocycles. The van der Waals surface area contributed by atoms with Gasteiger partial charge in [-0.15, -0.1) is 0 Å². The molecule has 98 valence electrons. The molecule has 0 aliphatic carbocycles. The van der Waals surface area contributed by atoms with Crippen LogP contribution in [0.4, 0.5) is 0 Å². The molecular formula is C13H16BrNO3. The summed E-state index contributed by atoms with van der Waals surface area (Å²) in [6.07, 6.45) is -0.456. The van der Waals surface area contributed by atoms with Crippen molar-refractivity contribution in [1.82, 2.24) is 0 Å². The Morgan fingerprint density at radius 2 is 2.11 bits per heavy atom. The molecule has 0 spiro atoms. The maximum absolute atomic E-state index is 11.0. The summed E-state index contributed by atoms with van der Waals surface area (Å²) in [5.41, 5.74) is 2.52. The lowest BCUT2D eigenvalue weighted by Gasteiger charge is -2.16. The van der Waals surface area contributed by atoms with Crippen LogP contribution < -0.4 is 0 Å². The average molecular weight is 314 g/mol.